The molecule has 0 atom stereocenters. The lowest BCUT2D eigenvalue weighted by Crippen LogP contribution is -1.98. The maximum absolute atomic E-state index is 4.50. The van der Waals surface area contributed by atoms with Crippen LogP contribution >= 0.6 is 0 Å². The Morgan fingerprint density at radius 1 is 1.00 bits per heavy atom. The molecule has 0 radical (unpaired) electrons. The van der Waals surface area contributed by atoms with E-state index in [4.69, 9.17) is 0 Å². The number of unbranched alkanes of at least 4 members (excludes halogenated alkanes) is 5. The summed E-state index contributed by atoms with van der Waals surface area (Å²) in [6.45, 7) is 13.8. The largest absolute Gasteiger partial charge is 0.333 e. The average Bonchev–Trinajstić information content (AvgIpc) is 3.09. The lowest BCUT2D eigenvalue weighted by atomic mass is 10.1. The Morgan fingerprint density at radius 2 is 1.54 bits per heavy atom. The van der Waals surface area contributed by atoms with Crippen LogP contribution in [0.4, 0.5) is 0 Å². The van der Waals surface area contributed by atoms with Crippen LogP contribution in [0.2, 0.25) is 0 Å². The zero-order chi connectivity index (χ0) is 19.2. The molecule has 0 unspecified atom stereocenters. The third-order valence-electron chi connectivity index (χ3n) is 3.30. The van der Waals surface area contributed by atoms with E-state index in [1.54, 1.807) is 0 Å². The number of nitrogens with zero attached hydrogens (tertiary/aromatic N) is 3. The van der Waals surface area contributed by atoms with Crippen LogP contribution in [0.15, 0.2) is 19.4 Å². The number of aromatic nitrogens is 3. The van der Waals surface area contributed by atoms with Gasteiger partial charge in [0.1, 0.15) is 0 Å². The van der Waals surface area contributed by atoms with E-state index in [-0.39, 0.29) is 0 Å². The molecule has 0 saturated heterocycles. The van der Waals surface area contributed by atoms with Crippen molar-refractivity contribution in [2.45, 2.75) is 78.7 Å². The molecule has 0 aliphatic rings. The van der Waals surface area contributed by atoms with Crippen molar-refractivity contribution in [2.24, 2.45) is 17.4 Å². The Kier molecular flexibility index (Phi) is 27.7. The third kappa shape index (κ3) is 18.8. The van der Waals surface area contributed by atoms with Gasteiger partial charge in [-0.15, -0.1) is 18.3 Å². The van der Waals surface area contributed by atoms with Gasteiger partial charge in [-0.05, 0) is 39.3 Å². The summed E-state index contributed by atoms with van der Waals surface area (Å²) in [5.74, 6) is 0.744. The number of nitrogens with two attached hydrogens (primary N) is 2. The number of aryl methyl sites for hydroxylation is 2. The fourth-order valence-corrected chi connectivity index (χ4v) is 2.05. The summed E-state index contributed by atoms with van der Waals surface area (Å²) >= 11 is 0. The molecule has 1 aromatic rings. The van der Waals surface area contributed by atoms with Crippen LogP contribution in [0.3, 0.4) is 0 Å². The summed E-state index contributed by atoms with van der Waals surface area (Å²) in [4.78, 5) is 0. The smallest absolute Gasteiger partial charge is 0.0827 e. The van der Waals surface area contributed by atoms with Gasteiger partial charge in [0.2, 0.25) is 0 Å². The predicted molar refractivity (Wildman–Crippen MR) is 108 cm³/mol. The van der Waals surface area contributed by atoms with Gasteiger partial charge in [0, 0.05) is 12.7 Å². The van der Waals surface area contributed by atoms with Crippen LogP contribution in [0.1, 0.15) is 71.4 Å². The van der Waals surface area contributed by atoms with Crippen molar-refractivity contribution < 1.29 is 0 Å². The molecule has 5 nitrogen and oxygen atoms in total. The molecule has 4 N–H and O–H groups in total. The second-order valence-corrected chi connectivity index (χ2v) is 5.67. The Labute approximate surface area is 150 Å². The Bertz CT molecular complexity index is 323. The van der Waals surface area contributed by atoms with Gasteiger partial charge in [0.15, 0.2) is 0 Å². The normalized spacial score (nSPS) is 9.17. The van der Waals surface area contributed by atoms with Crippen molar-refractivity contribution in [3.8, 4) is 0 Å². The minimum absolute atomic E-state index is 0.744. The maximum atomic E-state index is 4.50. The van der Waals surface area contributed by atoms with E-state index in [1.165, 1.54) is 59.0 Å². The summed E-state index contributed by atoms with van der Waals surface area (Å²) in [6, 6.07) is 0. The minimum atomic E-state index is 0.744. The van der Waals surface area contributed by atoms with Crippen molar-refractivity contribution >= 4 is 0 Å². The van der Waals surface area contributed by atoms with E-state index in [0.717, 1.165) is 24.6 Å². The summed E-state index contributed by atoms with van der Waals surface area (Å²) in [5.41, 5.74) is 10.1. The van der Waals surface area contributed by atoms with E-state index in [1.807, 2.05) is 4.68 Å². The van der Waals surface area contributed by atoms with E-state index in [2.05, 4.69) is 61.9 Å². The molecule has 1 aromatic heterocycles. The second-order valence-electron chi connectivity index (χ2n) is 5.67. The Balaban J connectivity index is -0.000000659. The molecule has 1 heterocycles. The molecule has 5 heteroatoms. The van der Waals surface area contributed by atoms with Gasteiger partial charge in [-0.1, -0.05) is 58.1 Å². The van der Waals surface area contributed by atoms with Crippen molar-refractivity contribution in [1.82, 2.24) is 15.0 Å². The average molecular weight is 342 g/mol. The topological polar surface area (TPSA) is 82.8 Å². The second kappa shape index (κ2) is 24.1. The van der Waals surface area contributed by atoms with Crippen LogP contribution in [0.25, 0.3) is 0 Å². The van der Waals surface area contributed by atoms with Crippen molar-refractivity contribution in [3.63, 3.8) is 0 Å². The van der Waals surface area contributed by atoms with Gasteiger partial charge in [0.05, 0.1) is 5.69 Å². The first-order valence-electron chi connectivity index (χ1n) is 9.27. The van der Waals surface area contributed by atoms with Crippen molar-refractivity contribution in [2.75, 3.05) is 14.1 Å². The van der Waals surface area contributed by atoms with Crippen LogP contribution in [0.5, 0.6) is 0 Å². The van der Waals surface area contributed by atoms with Gasteiger partial charge >= 0.3 is 0 Å². The highest BCUT2D eigenvalue weighted by Gasteiger charge is 2.02. The molecule has 0 fully saturated rings. The highest BCUT2D eigenvalue weighted by atomic mass is 15.4. The molecule has 0 bridgehead atoms. The van der Waals surface area contributed by atoms with Crippen LogP contribution in [-0.4, -0.2) is 29.1 Å². The first-order valence-corrected chi connectivity index (χ1v) is 9.27. The quantitative estimate of drug-likeness (QED) is 0.494. The number of hydrogen-bond acceptors (Lipinski definition) is 4. The predicted octanol–water partition coefficient (Wildman–Crippen LogP) is 4.18. The van der Waals surface area contributed by atoms with Gasteiger partial charge in [-0.2, -0.15) is 0 Å². The molecule has 1 rings (SSSR count). The molecule has 24 heavy (non-hydrogen) atoms. The molecule has 0 spiro atoms. The fourth-order valence-electron chi connectivity index (χ4n) is 2.05. The number of hydrogen-bond donors (Lipinski definition) is 2. The highest BCUT2D eigenvalue weighted by molar-refractivity contribution is 4.92. The maximum Gasteiger partial charge on any atom is 0.0827 e. The molecule has 144 valence electrons. The SMILES string of the molecule is C=C.CCCCCCCCn1cc(CCC(C)C)nn1.CN.CN. The first-order chi connectivity index (χ1) is 11.7. The Morgan fingerprint density at radius 3 is 2.08 bits per heavy atom. The van der Waals surface area contributed by atoms with E-state index in [0.29, 0.717) is 0 Å². The zero-order valence-electron chi connectivity index (χ0n) is 16.9. The van der Waals surface area contributed by atoms with E-state index in [9.17, 15) is 0 Å². The van der Waals surface area contributed by atoms with Crippen molar-refractivity contribution in [3.05, 3.63) is 25.0 Å². The van der Waals surface area contributed by atoms with E-state index < -0.39 is 0 Å². The zero-order valence-corrected chi connectivity index (χ0v) is 16.9. The molecule has 0 aliphatic carbocycles. The van der Waals surface area contributed by atoms with Crippen LogP contribution < -0.4 is 11.5 Å². The monoisotopic (exact) mass is 341 g/mol. The van der Waals surface area contributed by atoms with Gasteiger partial charge < -0.3 is 11.5 Å². The molecular formula is C19H43N5. The van der Waals surface area contributed by atoms with Gasteiger partial charge in [-0.25, -0.2) is 0 Å². The fraction of sp³-hybridized carbons (Fsp3) is 0.789. The molecule has 0 saturated carbocycles. The lowest BCUT2D eigenvalue weighted by molar-refractivity contribution is 0.516. The van der Waals surface area contributed by atoms with Crippen LogP contribution in [0, 0.1) is 5.92 Å². The summed E-state index contributed by atoms with van der Waals surface area (Å²) in [5, 5.41) is 8.42. The van der Waals surface area contributed by atoms with Gasteiger partial charge in [-0.3, -0.25) is 4.68 Å². The lowest BCUT2D eigenvalue weighted by Gasteiger charge is -2.01. The van der Waals surface area contributed by atoms with E-state index >= 15 is 0 Å². The minimum Gasteiger partial charge on any atom is -0.333 e. The summed E-state index contributed by atoms with van der Waals surface area (Å²) < 4.78 is 2.01. The first kappa shape index (κ1) is 27.6. The molecule has 0 amide bonds. The summed E-state index contributed by atoms with van der Waals surface area (Å²) in [6.07, 6.45) is 12.4. The number of rotatable bonds is 10. The Hall–Kier alpha value is -1.20. The molecule has 0 aromatic carbocycles. The van der Waals surface area contributed by atoms with Crippen molar-refractivity contribution in [1.29, 1.82) is 0 Å². The standard InChI is InChI=1S/C15H29N3.C2H4.2CH5N/c1-4-5-6-7-8-9-12-18-13-15(16-17-18)11-10-14(2)3;3*1-2/h13-14H,4-12H2,1-3H3;1-2H2;2*2H2,1H3. The molecule has 0 aliphatic heterocycles. The van der Waals surface area contributed by atoms with Crippen LogP contribution in [-0.2, 0) is 13.0 Å². The van der Waals surface area contributed by atoms with Gasteiger partial charge in [0.25, 0.3) is 0 Å². The summed E-state index contributed by atoms with van der Waals surface area (Å²) in [7, 11) is 3.00. The highest BCUT2D eigenvalue weighted by Crippen LogP contribution is 2.08. The molecular weight excluding hydrogens is 298 g/mol. The third-order valence-corrected chi connectivity index (χ3v) is 3.30.